The lowest BCUT2D eigenvalue weighted by atomic mass is 10.0. The van der Waals surface area contributed by atoms with Gasteiger partial charge in [-0.2, -0.15) is 0 Å². The molecule has 0 N–H and O–H groups in total. The van der Waals surface area contributed by atoms with Crippen LogP contribution in [0.15, 0.2) is 72.9 Å². The molecule has 356 valence electrons. The van der Waals surface area contributed by atoms with Crippen LogP contribution in [0.5, 0.6) is 0 Å². The van der Waals surface area contributed by atoms with Gasteiger partial charge in [0, 0.05) is 19.3 Å². The molecule has 0 radical (unpaired) electrons. The summed E-state index contributed by atoms with van der Waals surface area (Å²) in [5, 5.41) is 0. The van der Waals surface area contributed by atoms with Crippen LogP contribution in [-0.2, 0) is 28.6 Å². The van der Waals surface area contributed by atoms with Crippen molar-refractivity contribution in [1.29, 1.82) is 0 Å². The first-order chi connectivity index (χ1) is 30.5. The SMILES string of the molecule is CC/C=C\C/C=C\C/C=C\C/C=C\CCCCCCCCC(=O)OCC(COC(=O)CCCC/C=C\C/C=C\CC)OC(=O)CCCCCCCCCCCCCCCCCC. The summed E-state index contributed by atoms with van der Waals surface area (Å²) in [6, 6.07) is 0. The van der Waals surface area contributed by atoms with Gasteiger partial charge < -0.3 is 14.2 Å². The zero-order valence-electron chi connectivity index (χ0n) is 40.6. The van der Waals surface area contributed by atoms with Crippen molar-refractivity contribution in [3.05, 3.63) is 72.9 Å². The van der Waals surface area contributed by atoms with Crippen LogP contribution >= 0.6 is 0 Å². The van der Waals surface area contributed by atoms with E-state index in [2.05, 4.69) is 93.7 Å². The van der Waals surface area contributed by atoms with Gasteiger partial charge in [-0.25, -0.2) is 0 Å². The molecular weight excluding hydrogens is 769 g/mol. The molecule has 0 fully saturated rings. The molecule has 6 heteroatoms. The predicted molar refractivity (Wildman–Crippen MR) is 265 cm³/mol. The van der Waals surface area contributed by atoms with Crippen molar-refractivity contribution in [2.45, 2.75) is 252 Å². The van der Waals surface area contributed by atoms with Crippen LogP contribution in [0.3, 0.4) is 0 Å². The summed E-state index contributed by atoms with van der Waals surface area (Å²) in [4.78, 5) is 37.9. The molecule has 0 spiro atoms. The summed E-state index contributed by atoms with van der Waals surface area (Å²) < 4.78 is 16.7. The van der Waals surface area contributed by atoms with Gasteiger partial charge in [0.05, 0.1) is 0 Å². The van der Waals surface area contributed by atoms with Gasteiger partial charge in [0.2, 0.25) is 0 Å². The minimum Gasteiger partial charge on any atom is -0.462 e. The number of allylic oxidation sites excluding steroid dienone is 12. The van der Waals surface area contributed by atoms with Gasteiger partial charge >= 0.3 is 17.9 Å². The third-order valence-corrected chi connectivity index (χ3v) is 11.0. The Kier molecular flexibility index (Phi) is 47.9. The molecule has 1 atom stereocenters. The minimum absolute atomic E-state index is 0.0919. The van der Waals surface area contributed by atoms with Crippen molar-refractivity contribution in [1.82, 2.24) is 0 Å². The Bertz CT molecular complexity index is 1180. The summed E-state index contributed by atoms with van der Waals surface area (Å²) in [5.41, 5.74) is 0. The van der Waals surface area contributed by atoms with Gasteiger partial charge in [0.1, 0.15) is 13.2 Å². The quantitative estimate of drug-likeness (QED) is 0.0262. The van der Waals surface area contributed by atoms with Gasteiger partial charge in [0.25, 0.3) is 0 Å². The van der Waals surface area contributed by atoms with Crippen molar-refractivity contribution < 1.29 is 28.6 Å². The zero-order chi connectivity index (χ0) is 45.1. The van der Waals surface area contributed by atoms with Crippen LogP contribution in [0.25, 0.3) is 0 Å². The topological polar surface area (TPSA) is 78.9 Å². The van der Waals surface area contributed by atoms with Crippen LogP contribution in [-0.4, -0.2) is 37.2 Å². The Balaban J connectivity index is 4.34. The molecule has 0 saturated heterocycles. The van der Waals surface area contributed by atoms with Gasteiger partial charge in [-0.05, 0) is 83.5 Å². The molecule has 62 heavy (non-hydrogen) atoms. The molecule has 0 amide bonds. The summed E-state index contributed by atoms with van der Waals surface area (Å²) in [6.07, 6.45) is 63.3. The largest absolute Gasteiger partial charge is 0.462 e. The zero-order valence-corrected chi connectivity index (χ0v) is 40.6. The Labute approximate surface area is 382 Å². The number of rotatable bonds is 46. The number of hydrogen-bond donors (Lipinski definition) is 0. The second-order valence-electron chi connectivity index (χ2n) is 17.0. The Morgan fingerprint density at radius 3 is 1.02 bits per heavy atom. The van der Waals surface area contributed by atoms with E-state index >= 15 is 0 Å². The average molecular weight is 865 g/mol. The maximum atomic E-state index is 12.8. The van der Waals surface area contributed by atoms with Crippen LogP contribution in [0.2, 0.25) is 0 Å². The van der Waals surface area contributed by atoms with Crippen molar-refractivity contribution in [2.24, 2.45) is 0 Å². The van der Waals surface area contributed by atoms with Crippen molar-refractivity contribution >= 4 is 17.9 Å². The van der Waals surface area contributed by atoms with E-state index in [-0.39, 0.29) is 31.1 Å². The van der Waals surface area contributed by atoms with E-state index in [9.17, 15) is 14.4 Å². The first kappa shape index (κ1) is 58.9. The number of esters is 3. The molecule has 0 aromatic carbocycles. The normalized spacial score (nSPS) is 12.6. The lowest BCUT2D eigenvalue weighted by Gasteiger charge is -2.18. The van der Waals surface area contributed by atoms with E-state index in [1.54, 1.807) is 0 Å². The van der Waals surface area contributed by atoms with E-state index in [0.29, 0.717) is 19.3 Å². The monoisotopic (exact) mass is 865 g/mol. The molecule has 0 bridgehead atoms. The first-order valence-electron chi connectivity index (χ1n) is 25.9. The second kappa shape index (κ2) is 50.5. The lowest BCUT2D eigenvalue weighted by molar-refractivity contribution is -0.167. The van der Waals surface area contributed by atoms with E-state index in [4.69, 9.17) is 14.2 Å². The summed E-state index contributed by atoms with van der Waals surface area (Å²) in [7, 11) is 0. The number of ether oxygens (including phenoxy) is 3. The molecule has 0 aliphatic rings. The summed E-state index contributed by atoms with van der Waals surface area (Å²) in [5.74, 6) is -0.939. The highest BCUT2D eigenvalue weighted by molar-refractivity contribution is 5.71. The molecule has 0 heterocycles. The fourth-order valence-electron chi connectivity index (χ4n) is 7.12. The maximum Gasteiger partial charge on any atom is 0.306 e. The van der Waals surface area contributed by atoms with E-state index in [1.807, 2.05) is 0 Å². The number of carbonyl (C=O) groups excluding carboxylic acids is 3. The summed E-state index contributed by atoms with van der Waals surface area (Å²) in [6.45, 7) is 6.37. The highest BCUT2D eigenvalue weighted by Crippen LogP contribution is 2.15. The van der Waals surface area contributed by atoms with Crippen molar-refractivity contribution in [3.63, 3.8) is 0 Å². The Morgan fingerprint density at radius 1 is 0.339 bits per heavy atom. The summed E-state index contributed by atoms with van der Waals surface area (Å²) >= 11 is 0. The van der Waals surface area contributed by atoms with Crippen LogP contribution in [0.1, 0.15) is 245 Å². The predicted octanol–water partition coefficient (Wildman–Crippen LogP) is 17.0. The Morgan fingerprint density at radius 2 is 0.629 bits per heavy atom. The Hall–Kier alpha value is -3.15. The van der Waals surface area contributed by atoms with Crippen LogP contribution < -0.4 is 0 Å². The van der Waals surface area contributed by atoms with Gasteiger partial charge in [0.15, 0.2) is 6.10 Å². The van der Waals surface area contributed by atoms with Crippen LogP contribution in [0, 0.1) is 0 Å². The fourth-order valence-corrected chi connectivity index (χ4v) is 7.12. The molecule has 6 nitrogen and oxygen atoms in total. The third kappa shape index (κ3) is 47.9. The van der Waals surface area contributed by atoms with Crippen LogP contribution in [0.4, 0.5) is 0 Å². The van der Waals surface area contributed by atoms with Gasteiger partial charge in [-0.3, -0.25) is 14.4 Å². The van der Waals surface area contributed by atoms with E-state index < -0.39 is 6.10 Å². The highest BCUT2D eigenvalue weighted by Gasteiger charge is 2.19. The highest BCUT2D eigenvalue weighted by atomic mass is 16.6. The molecule has 1 unspecified atom stereocenters. The van der Waals surface area contributed by atoms with Crippen molar-refractivity contribution in [3.8, 4) is 0 Å². The number of carbonyl (C=O) groups is 3. The minimum atomic E-state index is -0.791. The van der Waals surface area contributed by atoms with Gasteiger partial charge in [-0.15, -0.1) is 0 Å². The number of unbranched alkanes of at least 4 members (excludes halogenated alkanes) is 23. The maximum absolute atomic E-state index is 12.8. The standard InChI is InChI=1S/C56H96O6/c1-4-7-10-13-16-19-21-23-25-27-28-29-31-32-34-37-40-43-46-49-55(58)61-52-53(51-60-54(57)48-45-42-39-36-18-15-12-9-6-3)62-56(59)50-47-44-41-38-35-33-30-26-24-22-20-17-14-11-8-5-2/h7,9-10,12,16,18-19,23,25,28-29,36,53H,4-6,8,11,13-15,17,20-22,24,26-27,30-35,37-52H2,1-3H3/b10-7-,12-9-,19-16-,25-23-,29-28-,36-18-. The fraction of sp³-hybridized carbons (Fsp3) is 0.732. The molecule has 0 aromatic heterocycles. The lowest BCUT2D eigenvalue weighted by Crippen LogP contribution is -2.30. The molecule has 0 aromatic rings. The van der Waals surface area contributed by atoms with Gasteiger partial charge in [-0.1, -0.05) is 216 Å². The average Bonchev–Trinajstić information content (AvgIpc) is 3.27. The van der Waals surface area contributed by atoms with E-state index in [0.717, 1.165) is 103 Å². The second-order valence-corrected chi connectivity index (χ2v) is 17.0. The molecule has 0 aliphatic carbocycles. The molecule has 0 saturated carbocycles. The first-order valence-corrected chi connectivity index (χ1v) is 25.9. The number of hydrogen-bond acceptors (Lipinski definition) is 6. The molecule has 0 rings (SSSR count). The third-order valence-electron chi connectivity index (χ3n) is 11.0. The van der Waals surface area contributed by atoms with Crippen molar-refractivity contribution in [2.75, 3.05) is 13.2 Å². The smallest absolute Gasteiger partial charge is 0.306 e. The molecular formula is C56H96O6. The van der Waals surface area contributed by atoms with E-state index in [1.165, 1.54) is 103 Å². The molecule has 0 aliphatic heterocycles.